The summed E-state index contributed by atoms with van der Waals surface area (Å²) < 4.78 is 12.0. The van der Waals surface area contributed by atoms with Crippen LogP contribution >= 0.6 is 0 Å². The molecule has 0 bridgehead atoms. The maximum Gasteiger partial charge on any atom is 0.146 e. The van der Waals surface area contributed by atoms with Crippen LogP contribution in [0.15, 0.2) is 279 Å². The molecule has 0 fully saturated rings. The molecule has 1 aliphatic heterocycles. The van der Waals surface area contributed by atoms with Crippen molar-refractivity contribution in [2.75, 3.05) is 10.2 Å². The van der Waals surface area contributed by atoms with Crippen LogP contribution in [0.4, 0.5) is 17.1 Å². The van der Waals surface area contributed by atoms with E-state index in [-0.39, 0.29) is 6.17 Å². The van der Waals surface area contributed by atoms with Crippen molar-refractivity contribution in [2.45, 2.75) is 6.17 Å². The molecule has 0 aliphatic carbocycles. The summed E-state index contributed by atoms with van der Waals surface area (Å²) in [6, 6.07) is 100. The highest BCUT2D eigenvalue weighted by atomic mass is 15.3. The van der Waals surface area contributed by atoms with Crippen LogP contribution < -0.4 is 10.2 Å². The van der Waals surface area contributed by atoms with Crippen LogP contribution in [0.2, 0.25) is 0 Å². The number of nitrogens with one attached hydrogen (secondary N) is 1. The number of benzene rings is 12. The number of hydrogen-bond acceptors (Lipinski definition) is 5. The lowest BCUT2D eigenvalue weighted by molar-refractivity contribution is 0.830. The third-order valence-corrected chi connectivity index (χ3v) is 17.8. The minimum atomic E-state index is -0.194. The van der Waals surface area contributed by atoms with E-state index in [0.29, 0.717) is 0 Å². The Bertz CT molecular complexity index is 5750. The van der Waals surface area contributed by atoms with Gasteiger partial charge in [-0.05, 0) is 157 Å². The maximum absolute atomic E-state index is 5.59. The molecule has 10 nitrogen and oxygen atoms in total. The summed E-state index contributed by atoms with van der Waals surface area (Å²) in [5.74, 6) is 2.61. The zero-order valence-electron chi connectivity index (χ0n) is 46.2. The number of imidazole rings is 3. The van der Waals surface area contributed by atoms with Crippen LogP contribution in [0.3, 0.4) is 0 Å². The van der Waals surface area contributed by atoms with Crippen LogP contribution in [0.1, 0.15) is 11.7 Å². The van der Waals surface area contributed by atoms with Gasteiger partial charge in [-0.1, -0.05) is 127 Å². The van der Waals surface area contributed by atoms with Crippen LogP contribution in [0.25, 0.3) is 139 Å². The highest BCUT2D eigenvalue weighted by Crippen LogP contribution is 2.51. The molecule has 0 spiro atoms. The Morgan fingerprint density at radius 2 is 0.721 bits per heavy atom. The van der Waals surface area contributed by atoms with Gasteiger partial charge in [-0.25, -0.2) is 15.0 Å². The van der Waals surface area contributed by atoms with E-state index in [2.05, 4.69) is 312 Å². The van der Waals surface area contributed by atoms with E-state index in [4.69, 9.17) is 15.0 Å². The van der Waals surface area contributed by atoms with E-state index in [1.54, 1.807) is 0 Å². The van der Waals surface area contributed by atoms with Crippen LogP contribution in [0, 0.1) is 0 Å². The largest absolute Gasteiger partial charge is 0.359 e. The highest BCUT2D eigenvalue weighted by Gasteiger charge is 2.33. The lowest BCUT2D eigenvalue weighted by atomic mass is 10.0. The van der Waals surface area contributed by atoms with Crippen molar-refractivity contribution < 1.29 is 0 Å². The first-order valence-corrected chi connectivity index (χ1v) is 29.2. The fraction of sp³-hybridized carbons (Fsp3) is 0.0132. The zero-order chi connectivity index (χ0) is 56.1. The van der Waals surface area contributed by atoms with E-state index < -0.39 is 0 Å². The van der Waals surface area contributed by atoms with Gasteiger partial charge in [0.05, 0.1) is 77.6 Å². The SMILES string of the molecule is c1ccc(N2c3ccccc3NC2c2ccc3c(c2)c2c(-c4nc5ccccc5n4-c4ccccc4)ccc4c2n3c2ccc(-c3nc5ccccc5n3-c3ccccc3)c3c5cc(-c6nc7ccccc7n6-c6ccccc6)ccc5n4c32)cc1. The van der Waals surface area contributed by atoms with Gasteiger partial charge >= 0.3 is 0 Å². The smallest absolute Gasteiger partial charge is 0.146 e. The van der Waals surface area contributed by atoms with Gasteiger partial charge in [0.2, 0.25) is 0 Å². The van der Waals surface area contributed by atoms with E-state index >= 15 is 0 Å². The first kappa shape index (κ1) is 46.8. The normalized spacial score (nSPS) is 13.5. The molecule has 12 aromatic carbocycles. The Morgan fingerprint density at radius 3 is 1.24 bits per heavy atom. The Hall–Kier alpha value is -11.8. The second-order valence-corrected chi connectivity index (χ2v) is 22.4. The molecule has 0 saturated carbocycles. The maximum atomic E-state index is 5.59. The van der Waals surface area contributed by atoms with Crippen molar-refractivity contribution in [3.8, 4) is 51.2 Å². The van der Waals surface area contributed by atoms with Crippen LogP contribution in [0.5, 0.6) is 0 Å². The molecule has 1 unspecified atom stereocenters. The Labute approximate surface area is 491 Å². The molecule has 86 heavy (non-hydrogen) atoms. The summed E-state index contributed by atoms with van der Waals surface area (Å²) in [6.07, 6.45) is -0.194. The molecule has 0 saturated heterocycles. The quantitative estimate of drug-likeness (QED) is 0.153. The lowest BCUT2D eigenvalue weighted by Gasteiger charge is -2.27. The van der Waals surface area contributed by atoms with Crippen molar-refractivity contribution in [2.24, 2.45) is 0 Å². The Balaban J connectivity index is 0.961. The molecule has 0 radical (unpaired) electrons. The van der Waals surface area contributed by atoms with Crippen molar-refractivity contribution in [3.63, 3.8) is 0 Å². The number of anilines is 3. The second kappa shape index (κ2) is 17.9. The third-order valence-electron chi connectivity index (χ3n) is 17.8. The molecule has 0 amide bonds. The minimum Gasteiger partial charge on any atom is -0.359 e. The van der Waals surface area contributed by atoms with Gasteiger partial charge in [0.1, 0.15) is 23.6 Å². The number of fused-ring (bicyclic) bond motifs is 12. The first-order valence-electron chi connectivity index (χ1n) is 29.2. The fourth-order valence-corrected chi connectivity index (χ4v) is 14.2. The summed E-state index contributed by atoms with van der Waals surface area (Å²) >= 11 is 0. The molecule has 19 rings (SSSR count). The van der Waals surface area contributed by atoms with Crippen LogP contribution in [-0.2, 0) is 0 Å². The Kier molecular flexibility index (Phi) is 9.73. The van der Waals surface area contributed by atoms with Gasteiger partial charge in [-0.2, -0.15) is 0 Å². The molecule has 7 heterocycles. The monoisotopic (exact) mass is 1100 g/mol. The van der Waals surface area contributed by atoms with Crippen molar-refractivity contribution in [3.05, 3.63) is 285 Å². The van der Waals surface area contributed by atoms with Gasteiger partial charge in [-0.15, -0.1) is 0 Å². The topological polar surface area (TPSA) is 77.6 Å². The second-order valence-electron chi connectivity index (χ2n) is 22.4. The summed E-state index contributed by atoms with van der Waals surface area (Å²) in [4.78, 5) is 19.0. The average Bonchev–Trinajstić information content (AvgIpc) is 1.52. The van der Waals surface area contributed by atoms with Gasteiger partial charge < -0.3 is 19.0 Å². The first-order chi connectivity index (χ1) is 42.7. The number of para-hydroxylation sites is 12. The molecule has 6 aromatic heterocycles. The van der Waals surface area contributed by atoms with E-state index in [1.807, 2.05) is 0 Å². The van der Waals surface area contributed by atoms with Crippen LogP contribution in [-0.4, -0.2) is 37.5 Å². The molecule has 1 N–H and O–H groups in total. The molecular weight excluding hydrogens is 1050 g/mol. The number of hydrogen-bond donors (Lipinski definition) is 1. The molecule has 402 valence electrons. The molecule has 10 heteroatoms. The van der Waals surface area contributed by atoms with E-state index in [0.717, 1.165) is 162 Å². The van der Waals surface area contributed by atoms with Gasteiger partial charge in [0.25, 0.3) is 0 Å². The zero-order valence-corrected chi connectivity index (χ0v) is 46.2. The predicted octanol–water partition coefficient (Wildman–Crippen LogP) is 18.5. The standard InChI is InChI=1S/C76H48N10/c1-5-21-49(22-6-1)81-63-33-17-13-29-57(63)77-73(81)47-37-41-61-55(45-47)69-53(75-79-59-31-15-19-35-65(59)83(75)51-25-9-3-10-26-51)39-43-67-71(69)85(61)68-44-40-54(76-80-60-32-16-20-36-66(60)84(76)52-27-11-4-12-28-52)70-56-46-48(38-42-62(56)86(67)72(68)70)74-78-58-30-14-18-34-64(58)82(74)50-23-7-2-8-24-50/h1-46,73,77H. The number of nitrogens with zero attached hydrogens (tertiary/aromatic N) is 9. The van der Waals surface area contributed by atoms with Gasteiger partial charge in [-0.3, -0.25) is 13.7 Å². The Morgan fingerprint density at radius 1 is 0.314 bits per heavy atom. The summed E-state index contributed by atoms with van der Waals surface area (Å²) in [6.45, 7) is 0. The van der Waals surface area contributed by atoms with Crippen molar-refractivity contribution in [1.82, 2.24) is 37.5 Å². The number of aromatic nitrogens is 8. The summed E-state index contributed by atoms with van der Waals surface area (Å²) in [5.41, 5.74) is 23.2. The van der Waals surface area contributed by atoms with E-state index in [9.17, 15) is 0 Å². The molecule has 18 aromatic rings. The van der Waals surface area contributed by atoms with E-state index in [1.165, 1.54) is 0 Å². The fourth-order valence-electron chi connectivity index (χ4n) is 14.2. The third kappa shape index (κ3) is 6.57. The summed E-state index contributed by atoms with van der Waals surface area (Å²) in [7, 11) is 0. The van der Waals surface area contributed by atoms with Crippen molar-refractivity contribution in [1.29, 1.82) is 0 Å². The average molecular weight is 1100 g/mol. The predicted molar refractivity (Wildman–Crippen MR) is 351 cm³/mol. The lowest BCUT2D eigenvalue weighted by Crippen LogP contribution is -2.23. The molecular formula is C76H48N10. The highest BCUT2D eigenvalue weighted by molar-refractivity contribution is 6.27. The molecule has 1 aliphatic rings. The summed E-state index contributed by atoms with van der Waals surface area (Å²) in [5, 5.41) is 8.42. The molecule has 1 atom stereocenters. The van der Waals surface area contributed by atoms with Gasteiger partial charge in [0.15, 0.2) is 0 Å². The number of rotatable bonds is 8. The van der Waals surface area contributed by atoms with Crippen molar-refractivity contribution >= 4 is 105 Å². The minimum absolute atomic E-state index is 0.194. The van der Waals surface area contributed by atoms with Gasteiger partial charge in [0, 0.05) is 61.0 Å².